The molecular formula is C20H19NO5. The minimum atomic E-state index is -0.486. The number of para-hydroxylation sites is 1. The zero-order chi connectivity index (χ0) is 18.5. The molecule has 2 aromatic carbocycles. The summed E-state index contributed by atoms with van der Waals surface area (Å²) in [5, 5.41) is 1.10. The molecule has 6 nitrogen and oxygen atoms in total. The van der Waals surface area contributed by atoms with E-state index in [0.29, 0.717) is 17.7 Å². The Morgan fingerprint density at radius 3 is 2.62 bits per heavy atom. The van der Waals surface area contributed by atoms with Crippen LogP contribution in [0.25, 0.3) is 10.9 Å². The highest BCUT2D eigenvalue weighted by atomic mass is 16.6. The number of benzene rings is 2. The molecule has 0 saturated carbocycles. The number of esters is 2. The van der Waals surface area contributed by atoms with Crippen molar-refractivity contribution in [3.8, 4) is 11.5 Å². The van der Waals surface area contributed by atoms with Gasteiger partial charge in [-0.2, -0.15) is 0 Å². The Balaban J connectivity index is 1.67. The predicted octanol–water partition coefficient (Wildman–Crippen LogP) is 3.50. The number of aromatic amines is 1. The van der Waals surface area contributed by atoms with Gasteiger partial charge in [0, 0.05) is 17.1 Å². The molecule has 0 unspecified atom stereocenters. The first-order valence-corrected chi connectivity index (χ1v) is 8.14. The maximum atomic E-state index is 12.2. The van der Waals surface area contributed by atoms with Crippen molar-refractivity contribution in [2.75, 3.05) is 14.2 Å². The van der Waals surface area contributed by atoms with Gasteiger partial charge in [-0.25, -0.2) is 4.79 Å². The van der Waals surface area contributed by atoms with Gasteiger partial charge in [0.25, 0.3) is 0 Å². The van der Waals surface area contributed by atoms with Gasteiger partial charge in [0.15, 0.2) is 11.5 Å². The van der Waals surface area contributed by atoms with Crippen LogP contribution in [-0.2, 0) is 16.0 Å². The lowest BCUT2D eigenvalue weighted by Crippen LogP contribution is -2.10. The molecule has 134 valence electrons. The van der Waals surface area contributed by atoms with Crippen molar-refractivity contribution in [3.63, 3.8) is 0 Å². The summed E-state index contributed by atoms with van der Waals surface area (Å²) >= 11 is 0. The molecule has 0 radical (unpaired) electrons. The lowest BCUT2D eigenvalue weighted by atomic mass is 10.1. The van der Waals surface area contributed by atoms with E-state index in [1.54, 1.807) is 0 Å². The minimum Gasteiger partial charge on any atom is -0.493 e. The fraction of sp³-hybridized carbons (Fsp3) is 0.200. The highest BCUT2D eigenvalue weighted by Gasteiger charge is 2.15. The van der Waals surface area contributed by atoms with E-state index < -0.39 is 5.97 Å². The second kappa shape index (κ2) is 7.74. The van der Waals surface area contributed by atoms with Gasteiger partial charge < -0.3 is 19.2 Å². The van der Waals surface area contributed by atoms with Gasteiger partial charge in [0.05, 0.1) is 26.2 Å². The number of H-pyrrole nitrogens is 1. The first-order valence-electron chi connectivity index (χ1n) is 8.14. The van der Waals surface area contributed by atoms with Gasteiger partial charge in [-0.05, 0) is 36.2 Å². The number of nitrogens with one attached hydrogen (secondary N) is 1. The van der Waals surface area contributed by atoms with Gasteiger partial charge in [-0.15, -0.1) is 0 Å². The Kier molecular flexibility index (Phi) is 5.22. The highest BCUT2D eigenvalue weighted by molar-refractivity contribution is 5.90. The third-order valence-corrected chi connectivity index (χ3v) is 4.08. The lowest BCUT2D eigenvalue weighted by molar-refractivity contribution is -0.134. The first-order chi connectivity index (χ1) is 12.6. The molecule has 0 aliphatic heterocycles. The first kappa shape index (κ1) is 17.5. The monoisotopic (exact) mass is 353 g/mol. The molecule has 0 saturated heterocycles. The van der Waals surface area contributed by atoms with Crippen LogP contribution in [0.1, 0.15) is 22.3 Å². The standard InChI is InChI=1S/C20H19NO5/c1-24-18-11-13(20(23)25-2)7-9-17(18)26-19(22)10-8-14-12-21-16-6-4-3-5-15(14)16/h3-7,9,11-12,21H,8,10H2,1-2H3. The molecule has 1 N–H and O–H groups in total. The van der Waals surface area contributed by atoms with Crippen LogP contribution in [-0.4, -0.2) is 31.1 Å². The summed E-state index contributed by atoms with van der Waals surface area (Å²) in [4.78, 5) is 27.0. The largest absolute Gasteiger partial charge is 0.493 e. The second-order valence-electron chi connectivity index (χ2n) is 5.69. The number of rotatable bonds is 6. The summed E-state index contributed by atoms with van der Waals surface area (Å²) in [7, 11) is 2.74. The van der Waals surface area contributed by atoms with Crippen molar-refractivity contribution in [3.05, 3.63) is 59.8 Å². The highest BCUT2D eigenvalue weighted by Crippen LogP contribution is 2.29. The molecular weight excluding hydrogens is 334 g/mol. The summed E-state index contributed by atoms with van der Waals surface area (Å²) in [5.74, 6) is -0.294. The molecule has 0 fully saturated rings. The Morgan fingerprint density at radius 2 is 1.85 bits per heavy atom. The number of methoxy groups -OCH3 is 2. The smallest absolute Gasteiger partial charge is 0.337 e. The molecule has 1 aromatic heterocycles. The zero-order valence-corrected chi connectivity index (χ0v) is 14.6. The molecule has 0 aliphatic carbocycles. The lowest BCUT2D eigenvalue weighted by Gasteiger charge is -2.10. The topological polar surface area (TPSA) is 77.6 Å². The van der Waals surface area contributed by atoms with Gasteiger partial charge in [0.2, 0.25) is 0 Å². The Morgan fingerprint density at radius 1 is 1.04 bits per heavy atom. The van der Waals surface area contributed by atoms with Crippen molar-refractivity contribution in [1.29, 1.82) is 0 Å². The maximum Gasteiger partial charge on any atom is 0.337 e. The maximum absolute atomic E-state index is 12.2. The summed E-state index contributed by atoms with van der Waals surface area (Å²) in [5.41, 5.74) is 2.42. The molecule has 1 heterocycles. The van der Waals surface area contributed by atoms with E-state index in [0.717, 1.165) is 16.5 Å². The van der Waals surface area contributed by atoms with Gasteiger partial charge in [0.1, 0.15) is 0 Å². The molecule has 0 spiro atoms. The third-order valence-electron chi connectivity index (χ3n) is 4.08. The quantitative estimate of drug-likeness (QED) is 0.542. The van der Waals surface area contributed by atoms with E-state index in [-0.39, 0.29) is 18.1 Å². The van der Waals surface area contributed by atoms with E-state index in [1.165, 1.54) is 32.4 Å². The van der Waals surface area contributed by atoms with Crippen molar-refractivity contribution in [2.45, 2.75) is 12.8 Å². The zero-order valence-electron chi connectivity index (χ0n) is 14.6. The van der Waals surface area contributed by atoms with Crippen molar-refractivity contribution in [1.82, 2.24) is 4.98 Å². The van der Waals surface area contributed by atoms with E-state index >= 15 is 0 Å². The fourth-order valence-corrected chi connectivity index (χ4v) is 2.75. The molecule has 3 rings (SSSR count). The number of carbonyl (C=O) groups is 2. The normalized spacial score (nSPS) is 10.5. The van der Waals surface area contributed by atoms with Crippen molar-refractivity contribution in [2.24, 2.45) is 0 Å². The Labute approximate surface area is 150 Å². The number of hydrogen-bond donors (Lipinski definition) is 1. The summed E-state index contributed by atoms with van der Waals surface area (Å²) in [6.45, 7) is 0. The average molecular weight is 353 g/mol. The molecule has 0 amide bonds. The summed E-state index contributed by atoms with van der Waals surface area (Å²) in [6, 6.07) is 12.5. The van der Waals surface area contributed by atoms with Crippen molar-refractivity contribution < 1.29 is 23.8 Å². The molecule has 0 bridgehead atoms. The Hall–Kier alpha value is -3.28. The molecule has 0 atom stereocenters. The number of carbonyl (C=O) groups excluding carboxylic acids is 2. The number of ether oxygens (including phenoxy) is 3. The number of hydrogen-bond acceptors (Lipinski definition) is 5. The van der Waals surface area contributed by atoms with Gasteiger partial charge in [-0.3, -0.25) is 4.79 Å². The van der Waals surface area contributed by atoms with Crippen LogP contribution in [0.3, 0.4) is 0 Å². The van der Waals surface area contributed by atoms with Crippen LogP contribution in [0.2, 0.25) is 0 Å². The number of aryl methyl sites for hydroxylation is 1. The SMILES string of the molecule is COC(=O)c1ccc(OC(=O)CCc2c[nH]c3ccccc23)c(OC)c1. The summed E-state index contributed by atoms with van der Waals surface area (Å²) < 4.78 is 15.3. The van der Waals surface area contributed by atoms with E-state index in [2.05, 4.69) is 9.72 Å². The number of fused-ring (bicyclic) bond motifs is 1. The molecule has 26 heavy (non-hydrogen) atoms. The third kappa shape index (κ3) is 3.69. The van der Waals surface area contributed by atoms with Crippen LogP contribution in [0.15, 0.2) is 48.7 Å². The second-order valence-corrected chi connectivity index (χ2v) is 5.69. The molecule has 6 heteroatoms. The molecule has 0 aliphatic rings. The summed E-state index contributed by atoms with van der Waals surface area (Å²) in [6.07, 6.45) is 2.69. The van der Waals surface area contributed by atoms with Gasteiger partial charge >= 0.3 is 11.9 Å². The van der Waals surface area contributed by atoms with Crippen LogP contribution in [0, 0.1) is 0 Å². The predicted molar refractivity (Wildman–Crippen MR) is 96.6 cm³/mol. The van der Waals surface area contributed by atoms with E-state index in [9.17, 15) is 9.59 Å². The van der Waals surface area contributed by atoms with Gasteiger partial charge in [-0.1, -0.05) is 18.2 Å². The molecule has 3 aromatic rings. The minimum absolute atomic E-state index is 0.226. The Bertz CT molecular complexity index is 944. The van der Waals surface area contributed by atoms with E-state index in [1.807, 2.05) is 30.5 Å². The number of aromatic nitrogens is 1. The van der Waals surface area contributed by atoms with Crippen LogP contribution in [0.4, 0.5) is 0 Å². The van der Waals surface area contributed by atoms with Crippen LogP contribution < -0.4 is 9.47 Å². The van der Waals surface area contributed by atoms with Crippen molar-refractivity contribution >= 4 is 22.8 Å². The van der Waals surface area contributed by atoms with Crippen LogP contribution >= 0.6 is 0 Å². The van der Waals surface area contributed by atoms with Crippen LogP contribution in [0.5, 0.6) is 11.5 Å². The average Bonchev–Trinajstić information content (AvgIpc) is 3.09. The fourth-order valence-electron chi connectivity index (χ4n) is 2.75. The van der Waals surface area contributed by atoms with E-state index in [4.69, 9.17) is 9.47 Å².